The average Bonchev–Trinajstić information content (AvgIpc) is 2.25. The predicted molar refractivity (Wildman–Crippen MR) is 63.7 cm³/mol. The number of nitrogens with two attached hydrogens (primary N) is 1. The van der Waals surface area contributed by atoms with Crippen molar-refractivity contribution in [3.63, 3.8) is 0 Å². The van der Waals surface area contributed by atoms with Crippen LogP contribution >= 0.6 is 15.9 Å². The van der Waals surface area contributed by atoms with Gasteiger partial charge in [-0.25, -0.2) is 9.97 Å². The van der Waals surface area contributed by atoms with E-state index in [-0.39, 0.29) is 12.8 Å². The van der Waals surface area contributed by atoms with Crippen molar-refractivity contribution in [2.45, 2.75) is 18.4 Å². The van der Waals surface area contributed by atoms with Crippen LogP contribution in [0.1, 0.15) is 18.7 Å². The fourth-order valence-corrected chi connectivity index (χ4v) is 2.27. The van der Waals surface area contributed by atoms with Gasteiger partial charge in [0.05, 0.1) is 10.0 Å². The summed E-state index contributed by atoms with van der Waals surface area (Å²) in [5.74, 6) is 1.71. The van der Waals surface area contributed by atoms with Gasteiger partial charge in [-0.3, -0.25) is 4.79 Å². The summed E-state index contributed by atoms with van der Waals surface area (Å²) in [4.78, 5) is 19.2. The lowest BCUT2D eigenvalue weighted by Crippen LogP contribution is -2.59. The summed E-state index contributed by atoms with van der Waals surface area (Å²) in [5, 5.41) is 9.06. The van der Waals surface area contributed by atoms with Gasteiger partial charge in [0.2, 0.25) is 0 Å². The first kappa shape index (κ1) is 12.0. The highest BCUT2D eigenvalue weighted by molar-refractivity contribution is 9.10. The number of carboxylic acid groups (broad SMARTS) is 1. The van der Waals surface area contributed by atoms with Crippen LogP contribution in [0.5, 0.6) is 0 Å². The third-order valence-electron chi connectivity index (χ3n) is 2.99. The number of carbonyl (C=O) groups is 1. The zero-order valence-electron chi connectivity index (χ0n) is 8.85. The number of halogens is 1. The van der Waals surface area contributed by atoms with Crippen LogP contribution in [0.3, 0.4) is 0 Å². The van der Waals surface area contributed by atoms with Crippen molar-refractivity contribution in [3.8, 4) is 12.3 Å². The highest BCUT2D eigenvalue weighted by atomic mass is 79.9. The second kappa shape index (κ2) is 3.79. The Labute approximate surface area is 107 Å². The van der Waals surface area contributed by atoms with Crippen molar-refractivity contribution in [1.82, 2.24) is 9.97 Å². The molecule has 0 spiro atoms. The molecule has 5 nitrogen and oxygen atoms in total. The number of carboxylic acids is 1. The molecule has 17 heavy (non-hydrogen) atoms. The molecule has 0 bridgehead atoms. The molecular formula is C11H10BrN3O2. The van der Waals surface area contributed by atoms with Gasteiger partial charge in [0, 0.05) is 12.4 Å². The van der Waals surface area contributed by atoms with E-state index in [1.165, 1.54) is 0 Å². The maximum atomic E-state index is 11.1. The molecule has 0 radical (unpaired) electrons. The van der Waals surface area contributed by atoms with Gasteiger partial charge in [0.1, 0.15) is 11.2 Å². The summed E-state index contributed by atoms with van der Waals surface area (Å²) >= 11 is 3.22. The molecule has 1 heterocycles. The first-order chi connectivity index (χ1) is 7.92. The molecule has 3 N–H and O–H groups in total. The van der Waals surface area contributed by atoms with Crippen molar-refractivity contribution in [3.05, 3.63) is 22.7 Å². The molecule has 0 saturated heterocycles. The van der Waals surface area contributed by atoms with Crippen LogP contribution < -0.4 is 5.73 Å². The number of hydrogen-bond donors (Lipinski definition) is 2. The summed E-state index contributed by atoms with van der Waals surface area (Å²) in [6, 6.07) is 0. The Hall–Kier alpha value is -1.45. The van der Waals surface area contributed by atoms with Gasteiger partial charge in [-0.1, -0.05) is 5.92 Å². The van der Waals surface area contributed by atoms with Crippen molar-refractivity contribution in [1.29, 1.82) is 0 Å². The minimum Gasteiger partial charge on any atom is -0.480 e. The standard InChI is InChI=1S/C11H10BrN3O2/c1-2-10(9(16)17)5-11(13,6-10)8-14-3-7(12)4-15-8/h1,3-4H,5-6,13H2,(H,16,17). The summed E-state index contributed by atoms with van der Waals surface area (Å²) in [7, 11) is 0. The number of aliphatic carboxylic acids is 1. The number of aromatic nitrogens is 2. The van der Waals surface area contributed by atoms with E-state index in [2.05, 4.69) is 31.8 Å². The van der Waals surface area contributed by atoms with Gasteiger partial charge in [-0.05, 0) is 28.8 Å². The highest BCUT2D eigenvalue weighted by Crippen LogP contribution is 2.51. The average molecular weight is 296 g/mol. The van der Waals surface area contributed by atoms with E-state index in [1.807, 2.05) is 0 Å². The molecule has 1 aliphatic rings. The Kier molecular flexibility index (Phi) is 2.68. The van der Waals surface area contributed by atoms with E-state index < -0.39 is 16.9 Å². The lowest BCUT2D eigenvalue weighted by atomic mass is 9.57. The summed E-state index contributed by atoms with van der Waals surface area (Å²) in [6.07, 6.45) is 8.73. The van der Waals surface area contributed by atoms with Crippen LogP contribution in [0.2, 0.25) is 0 Å². The SMILES string of the molecule is C#CC1(C(=O)O)CC(N)(c2ncc(Br)cn2)C1. The molecule has 1 saturated carbocycles. The Bertz CT molecular complexity index is 500. The van der Waals surface area contributed by atoms with Crippen LogP contribution in [0, 0.1) is 17.8 Å². The third-order valence-corrected chi connectivity index (χ3v) is 3.40. The Morgan fingerprint density at radius 1 is 1.53 bits per heavy atom. The lowest BCUT2D eigenvalue weighted by Gasteiger charge is -2.47. The first-order valence-corrected chi connectivity index (χ1v) is 5.69. The summed E-state index contributed by atoms with van der Waals surface area (Å²) in [6.45, 7) is 0. The molecule has 1 aromatic rings. The fourth-order valence-electron chi connectivity index (χ4n) is 2.07. The second-order valence-corrected chi connectivity index (χ2v) is 5.18. The van der Waals surface area contributed by atoms with Crippen LogP contribution in [0.15, 0.2) is 16.9 Å². The number of nitrogens with zero attached hydrogens (tertiary/aromatic N) is 2. The van der Waals surface area contributed by atoms with Crippen molar-refractivity contribution >= 4 is 21.9 Å². The molecule has 1 aromatic heterocycles. The summed E-state index contributed by atoms with van der Waals surface area (Å²) in [5.41, 5.74) is 4.05. The van der Waals surface area contributed by atoms with E-state index in [0.29, 0.717) is 5.82 Å². The largest absolute Gasteiger partial charge is 0.480 e. The Balaban J connectivity index is 2.24. The molecular weight excluding hydrogens is 286 g/mol. The number of rotatable bonds is 2. The number of hydrogen-bond acceptors (Lipinski definition) is 4. The van der Waals surface area contributed by atoms with E-state index in [0.717, 1.165) is 4.47 Å². The van der Waals surface area contributed by atoms with Crippen molar-refractivity contribution < 1.29 is 9.90 Å². The minimum absolute atomic E-state index is 0.160. The fraction of sp³-hybridized carbons (Fsp3) is 0.364. The Morgan fingerprint density at radius 2 is 2.06 bits per heavy atom. The smallest absolute Gasteiger partial charge is 0.321 e. The lowest BCUT2D eigenvalue weighted by molar-refractivity contribution is -0.153. The van der Waals surface area contributed by atoms with Crippen LogP contribution in [-0.4, -0.2) is 21.0 Å². The first-order valence-electron chi connectivity index (χ1n) is 4.90. The van der Waals surface area contributed by atoms with Gasteiger partial charge in [0.25, 0.3) is 0 Å². The maximum absolute atomic E-state index is 11.1. The zero-order chi connectivity index (χ0) is 12.7. The second-order valence-electron chi connectivity index (χ2n) is 4.27. The quantitative estimate of drug-likeness (QED) is 0.791. The van der Waals surface area contributed by atoms with E-state index in [4.69, 9.17) is 17.3 Å². The molecule has 0 amide bonds. The van der Waals surface area contributed by atoms with Crippen LogP contribution in [0.25, 0.3) is 0 Å². The maximum Gasteiger partial charge on any atom is 0.321 e. The topological polar surface area (TPSA) is 89.1 Å². The van der Waals surface area contributed by atoms with Crippen LogP contribution in [0.4, 0.5) is 0 Å². The molecule has 2 rings (SSSR count). The molecule has 0 atom stereocenters. The van der Waals surface area contributed by atoms with Gasteiger partial charge >= 0.3 is 5.97 Å². The van der Waals surface area contributed by atoms with Gasteiger partial charge < -0.3 is 10.8 Å². The highest BCUT2D eigenvalue weighted by Gasteiger charge is 2.59. The number of terminal acetylenes is 1. The van der Waals surface area contributed by atoms with E-state index in [9.17, 15) is 4.79 Å². The van der Waals surface area contributed by atoms with Gasteiger partial charge in [0.15, 0.2) is 0 Å². The molecule has 0 aliphatic heterocycles. The van der Waals surface area contributed by atoms with E-state index in [1.54, 1.807) is 12.4 Å². The van der Waals surface area contributed by atoms with Crippen LogP contribution in [-0.2, 0) is 10.3 Å². The van der Waals surface area contributed by atoms with Crippen molar-refractivity contribution in [2.24, 2.45) is 11.1 Å². The monoisotopic (exact) mass is 295 g/mol. The molecule has 6 heteroatoms. The Morgan fingerprint density at radius 3 is 2.47 bits per heavy atom. The van der Waals surface area contributed by atoms with Gasteiger partial charge in [-0.15, -0.1) is 6.42 Å². The normalized spacial score (nSPS) is 31.4. The summed E-state index contributed by atoms with van der Waals surface area (Å²) < 4.78 is 0.741. The zero-order valence-corrected chi connectivity index (χ0v) is 10.4. The molecule has 0 aromatic carbocycles. The molecule has 1 aliphatic carbocycles. The van der Waals surface area contributed by atoms with Crippen molar-refractivity contribution in [2.75, 3.05) is 0 Å². The third kappa shape index (κ3) is 1.81. The molecule has 0 unspecified atom stereocenters. The molecule has 88 valence electrons. The van der Waals surface area contributed by atoms with Gasteiger partial charge in [-0.2, -0.15) is 0 Å². The predicted octanol–water partition coefficient (Wildman–Crippen LogP) is 0.891. The van der Waals surface area contributed by atoms with E-state index >= 15 is 0 Å². The minimum atomic E-state index is -1.18. The molecule has 1 fully saturated rings.